The first kappa shape index (κ1) is 27.4. The van der Waals surface area contributed by atoms with Crippen molar-refractivity contribution in [1.29, 1.82) is 0 Å². The Morgan fingerprint density at radius 2 is 1.79 bits per heavy atom. The van der Waals surface area contributed by atoms with Crippen LogP contribution in [0, 0.1) is 0 Å². The summed E-state index contributed by atoms with van der Waals surface area (Å²) >= 11 is 0. The lowest BCUT2D eigenvalue weighted by Crippen LogP contribution is -2.42. The van der Waals surface area contributed by atoms with Crippen LogP contribution in [0.2, 0.25) is 0 Å². The molecule has 1 heterocycles. The van der Waals surface area contributed by atoms with E-state index < -0.39 is 23.9 Å². The molecule has 3 aromatic rings. The van der Waals surface area contributed by atoms with E-state index in [2.05, 4.69) is 20.6 Å². The lowest BCUT2D eigenvalue weighted by atomic mass is 9.88. The number of esters is 2. The Labute approximate surface area is 225 Å². The lowest BCUT2D eigenvalue weighted by Gasteiger charge is -2.22. The Morgan fingerprint density at radius 1 is 1.05 bits per heavy atom. The van der Waals surface area contributed by atoms with Crippen LogP contribution in [0.1, 0.15) is 48.3 Å². The molecule has 0 saturated carbocycles. The van der Waals surface area contributed by atoms with E-state index in [-0.39, 0.29) is 37.6 Å². The molecule has 4 rings (SSSR count). The zero-order valence-electron chi connectivity index (χ0n) is 21.8. The highest BCUT2D eigenvalue weighted by atomic mass is 16.5. The number of rotatable bonds is 10. The van der Waals surface area contributed by atoms with Gasteiger partial charge in [0.1, 0.15) is 6.04 Å². The van der Waals surface area contributed by atoms with E-state index in [0.717, 1.165) is 22.5 Å². The topological polar surface area (TPSA) is 165 Å². The highest BCUT2D eigenvalue weighted by Crippen LogP contribution is 2.35. The molecule has 0 aliphatic heterocycles. The molecule has 0 fully saturated rings. The van der Waals surface area contributed by atoms with Crippen molar-refractivity contribution in [3.05, 3.63) is 69.6 Å². The van der Waals surface area contributed by atoms with Crippen LogP contribution in [0.25, 0.3) is 11.1 Å². The monoisotopic (exact) mass is 533 g/mol. The number of hydrogen-bond acceptors (Lipinski definition) is 9. The number of aromatic nitrogens is 2. The van der Waals surface area contributed by atoms with Crippen molar-refractivity contribution >= 4 is 35.2 Å². The van der Waals surface area contributed by atoms with Crippen molar-refractivity contribution in [2.24, 2.45) is 0 Å². The summed E-state index contributed by atoms with van der Waals surface area (Å²) in [5, 5.41) is 6.02. The SMILES string of the molecule is CCOC(=O)CC[C@H](NC(=O)c1ccc(Nc2cccc3c2CCc2nc(N)[nH]c(=O)c2-3)cc1)C(=O)OCC. The minimum Gasteiger partial charge on any atom is -0.466 e. The van der Waals surface area contributed by atoms with Crippen molar-refractivity contribution in [3.63, 3.8) is 0 Å². The molecule has 11 nitrogen and oxygen atoms in total. The van der Waals surface area contributed by atoms with Gasteiger partial charge in [-0.15, -0.1) is 0 Å². The Balaban J connectivity index is 1.47. The van der Waals surface area contributed by atoms with Gasteiger partial charge >= 0.3 is 11.9 Å². The number of hydrogen-bond donors (Lipinski definition) is 4. The number of nitrogens with zero attached hydrogens (tertiary/aromatic N) is 1. The Hall–Kier alpha value is -4.67. The Bertz CT molecular complexity index is 1430. The van der Waals surface area contributed by atoms with Gasteiger partial charge in [-0.2, -0.15) is 0 Å². The van der Waals surface area contributed by atoms with Gasteiger partial charge < -0.3 is 25.8 Å². The van der Waals surface area contributed by atoms with Gasteiger partial charge in [-0.25, -0.2) is 9.78 Å². The maximum Gasteiger partial charge on any atom is 0.328 e. The van der Waals surface area contributed by atoms with Gasteiger partial charge in [0, 0.05) is 23.4 Å². The summed E-state index contributed by atoms with van der Waals surface area (Å²) in [5.74, 6) is -1.43. The molecule has 0 saturated heterocycles. The minimum absolute atomic E-state index is 0.0261. The fourth-order valence-electron chi connectivity index (χ4n) is 4.54. The second-order valence-electron chi connectivity index (χ2n) is 8.93. The number of H-pyrrole nitrogens is 1. The first-order valence-corrected chi connectivity index (χ1v) is 12.8. The summed E-state index contributed by atoms with van der Waals surface area (Å²) in [6.45, 7) is 3.75. The van der Waals surface area contributed by atoms with Crippen molar-refractivity contribution in [2.75, 3.05) is 24.3 Å². The van der Waals surface area contributed by atoms with E-state index in [4.69, 9.17) is 15.2 Å². The maximum atomic E-state index is 12.9. The quantitative estimate of drug-likeness (QED) is 0.287. The van der Waals surface area contributed by atoms with Crippen LogP contribution in [-0.4, -0.2) is 47.1 Å². The van der Waals surface area contributed by atoms with Crippen molar-refractivity contribution < 1.29 is 23.9 Å². The largest absolute Gasteiger partial charge is 0.466 e. The molecule has 0 radical (unpaired) electrons. The molecule has 0 bridgehead atoms. The van der Waals surface area contributed by atoms with Gasteiger partial charge in [0.2, 0.25) is 5.95 Å². The van der Waals surface area contributed by atoms with Gasteiger partial charge in [-0.1, -0.05) is 12.1 Å². The molecule has 1 aromatic heterocycles. The summed E-state index contributed by atoms with van der Waals surface area (Å²) in [5.41, 5.74) is 10.4. The van der Waals surface area contributed by atoms with Gasteiger partial charge in [0.05, 0.1) is 24.5 Å². The highest BCUT2D eigenvalue weighted by molar-refractivity contribution is 5.97. The second-order valence-corrected chi connectivity index (χ2v) is 8.93. The molecule has 204 valence electrons. The number of carbonyl (C=O) groups is 3. The average molecular weight is 534 g/mol. The first-order valence-electron chi connectivity index (χ1n) is 12.8. The standard InChI is InChI=1S/C28H31N5O6/c1-3-38-23(34)15-14-22(27(37)39-4-2)31-25(35)16-8-10-17(11-9-16)30-20-7-5-6-19-18(20)12-13-21-24(19)26(36)33-28(29)32-21/h5-11,22,30H,3-4,12-15H2,1-2H3,(H,31,35)(H3,29,32,33,36)/t22-/m0/s1. The van der Waals surface area contributed by atoms with Gasteiger partial charge in [-0.05, 0) is 74.6 Å². The zero-order chi connectivity index (χ0) is 27.9. The minimum atomic E-state index is -0.980. The van der Waals surface area contributed by atoms with Crippen LogP contribution >= 0.6 is 0 Å². The van der Waals surface area contributed by atoms with Crippen LogP contribution in [0.3, 0.4) is 0 Å². The summed E-state index contributed by atoms with van der Waals surface area (Å²) in [4.78, 5) is 56.4. The molecule has 1 atom stereocenters. The molecule has 0 unspecified atom stereocenters. The smallest absolute Gasteiger partial charge is 0.328 e. The summed E-state index contributed by atoms with van der Waals surface area (Å²) in [6, 6.07) is 11.5. The molecule has 1 aliphatic carbocycles. The third-order valence-electron chi connectivity index (χ3n) is 6.31. The molecular weight excluding hydrogens is 502 g/mol. The maximum absolute atomic E-state index is 12.9. The summed E-state index contributed by atoms with van der Waals surface area (Å²) < 4.78 is 9.96. The van der Waals surface area contributed by atoms with E-state index >= 15 is 0 Å². The number of benzene rings is 2. The molecule has 5 N–H and O–H groups in total. The highest BCUT2D eigenvalue weighted by Gasteiger charge is 2.25. The molecule has 39 heavy (non-hydrogen) atoms. The second kappa shape index (κ2) is 12.2. The number of nitrogens with one attached hydrogen (secondary N) is 3. The number of aromatic amines is 1. The van der Waals surface area contributed by atoms with E-state index in [1.807, 2.05) is 18.2 Å². The molecule has 11 heteroatoms. The molecule has 1 amide bonds. The number of nitrogens with two attached hydrogens (primary N) is 1. The Kier molecular flexibility index (Phi) is 8.60. The first-order chi connectivity index (χ1) is 18.8. The number of nitrogen functional groups attached to an aromatic ring is 1. The van der Waals surface area contributed by atoms with Crippen LogP contribution in [-0.2, 0) is 31.9 Å². The molecule has 0 spiro atoms. The zero-order valence-corrected chi connectivity index (χ0v) is 21.8. The predicted octanol–water partition coefficient (Wildman–Crippen LogP) is 2.87. The van der Waals surface area contributed by atoms with E-state index in [1.54, 1.807) is 38.1 Å². The lowest BCUT2D eigenvalue weighted by molar-refractivity contribution is -0.146. The van der Waals surface area contributed by atoms with E-state index in [0.29, 0.717) is 29.7 Å². The van der Waals surface area contributed by atoms with Crippen LogP contribution in [0.15, 0.2) is 47.3 Å². The number of amides is 1. The normalized spacial score (nSPS) is 12.5. The summed E-state index contributed by atoms with van der Waals surface area (Å²) in [6.07, 6.45) is 1.31. The fourth-order valence-corrected chi connectivity index (χ4v) is 4.54. The summed E-state index contributed by atoms with van der Waals surface area (Å²) in [7, 11) is 0. The number of anilines is 3. The molecule has 1 aliphatic rings. The third-order valence-corrected chi connectivity index (χ3v) is 6.31. The fraction of sp³-hybridized carbons (Fsp3) is 0.321. The van der Waals surface area contributed by atoms with Gasteiger partial charge in [0.15, 0.2) is 0 Å². The van der Waals surface area contributed by atoms with Crippen LogP contribution in [0.5, 0.6) is 0 Å². The number of aryl methyl sites for hydroxylation is 1. The average Bonchev–Trinajstić information content (AvgIpc) is 2.91. The van der Waals surface area contributed by atoms with Gasteiger partial charge in [-0.3, -0.25) is 19.4 Å². The van der Waals surface area contributed by atoms with E-state index in [1.165, 1.54) is 0 Å². The number of carbonyl (C=O) groups excluding carboxylic acids is 3. The van der Waals surface area contributed by atoms with Crippen LogP contribution < -0.4 is 21.9 Å². The molecular formula is C28H31N5O6. The number of ether oxygens (including phenoxy) is 2. The Morgan fingerprint density at radius 3 is 2.51 bits per heavy atom. The van der Waals surface area contributed by atoms with Crippen molar-refractivity contribution in [3.8, 4) is 11.1 Å². The third kappa shape index (κ3) is 6.43. The van der Waals surface area contributed by atoms with E-state index in [9.17, 15) is 19.2 Å². The van der Waals surface area contributed by atoms with Crippen molar-refractivity contribution in [1.82, 2.24) is 15.3 Å². The van der Waals surface area contributed by atoms with Crippen molar-refractivity contribution in [2.45, 2.75) is 45.6 Å². The van der Waals surface area contributed by atoms with Crippen LogP contribution in [0.4, 0.5) is 17.3 Å². The predicted molar refractivity (Wildman–Crippen MR) is 146 cm³/mol. The number of fused-ring (bicyclic) bond motifs is 3. The van der Waals surface area contributed by atoms with Gasteiger partial charge in [0.25, 0.3) is 11.5 Å². The molecule has 2 aromatic carbocycles.